The molecule has 2 rings (SSSR count). The number of benzene rings is 1. The summed E-state index contributed by atoms with van der Waals surface area (Å²) in [5, 5.41) is 0. The number of halogens is 1. The number of amidine groups is 1. The number of nitrogens with zero attached hydrogens (tertiary/aromatic N) is 1. The van der Waals surface area contributed by atoms with Gasteiger partial charge in [-0.05, 0) is 37.5 Å². The summed E-state index contributed by atoms with van der Waals surface area (Å²) in [6, 6.07) is 6.10. The van der Waals surface area contributed by atoms with E-state index in [1.54, 1.807) is 0 Å². The summed E-state index contributed by atoms with van der Waals surface area (Å²) in [5.41, 5.74) is 8.20. The van der Waals surface area contributed by atoms with E-state index in [0.717, 1.165) is 16.0 Å². The zero-order chi connectivity index (χ0) is 11.5. The molecule has 0 unspecified atom stereocenters. The Bertz CT molecular complexity index is 406. The molecule has 2 nitrogen and oxygen atoms in total. The Labute approximate surface area is 105 Å². The first-order valence-corrected chi connectivity index (χ1v) is 6.56. The minimum absolute atomic E-state index is 0.500. The quantitative estimate of drug-likeness (QED) is 0.647. The van der Waals surface area contributed by atoms with Crippen LogP contribution in [0.25, 0.3) is 0 Å². The maximum atomic E-state index is 6.03. The van der Waals surface area contributed by atoms with Gasteiger partial charge in [-0.3, -0.25) is 0 Å². The van der Waals surface area contributed by atoms with E-state index in [2.05, 4.69) is 33.9 Å². The van der Waals surface area contributed by atoms with E-state index in [9.17, 15) is 0 Å². The zero-order valence-electron chi connectivity index (χ0n) is 9.54. The van der Waals surface area contributed by atoms with Gasteiger partial charge < -0.3 is 5.73 Å². The van der Waals surface area contributed by atoms with Gasteiger partial charge in [0.15, 0.2) is 0 Å². The lowest BCUT2D eigenvalue weighted by Gasteiger charge is -2.08. The highest BCUT2D eigenvalue weighted by Crippen LogP contribution is 2.27. The Hall–Kier alpha value is -0.830. The number of rotatable bonds is 2. The predicted octanol–water partition coefficient (Wildman–Crippen LogP) is 3.94. The molecule has 1 aromatic rings. The molecule has 1 fully saturated rings. The van der Waals surface area contributed by atoms with Gasteiger partial charge in [0.25, 0.3) is 0 Å². The molecule has 1 aromatic carbocycles. The highest BCUT2D eigenvalue weighted by atomic mass is 79.9. The summed E-state index contributed by atoms with van der Waals surface area (Å²) >= 11 is 3.51. The molecule has 0 spiro atoms. The van der Waals surface area contributed by atoms with Crippen LogP contribution < -0.4 is 5.73 Å². The normalized spacial score (nSPS) is 18.0. The van der Waals surface area contributed by atoms with Gasteiger partial charge in [0.05, 0.1) is 5.69 Å². The molecular weight excluding hydrogens is 264 g/mol. The molecule has 0 aliphatic heterocycles. The van der Waals surface area contributed by atoms with Gasteiger partial charge >= 0.3 is 0 Å². The molecule has 0 radical (unpaired) electrons. The molecule has 0 heterocycles. The second-order valence-electron chi connectivity index (χ2n) is 4.45. The van der Waals surface area contributed by atoms with Crippen molar-refractivity contribution < 1.29 is 0 Å². The van der Waals surface area contributed by atoms with Gasteiger partial charge in [-0.15, -0.1) is 0 Å². The largest absolute Gasteiger partial charge is 0.387 e. The zero-order valence-corrected chi connectivity index (χ0v) is 11.1. The summed E-state index contributed by atoms with van der Waals surface area (Å²) in [6.07, 6.45) is 4.97. The minimum Gasteiger partial charge on any atom is -0.387 e. The Morgan fingerprint density at radius 1 is 1.38 bits per heavy atom. The van der Waals surface area contributed by atoms with Crippen LogP contribution in [0.3, 0.4) is 0 Å². The van der Waals surface area contributed by atoms with Crippen molar-refractivity contribution >= 4 is 27.5 Å². The van der Waals surface area contributed by atoms with Crippen LogP contribution in [0.1, 0.15) is 31.2 Å². The van der Waals surface area contributed by atoms with Crippen molar-refractivity contribution in [3.63, 3.8) is 0 Å². The fraction of sp³-hybridized carbons (Fsp3) is 0.462. The van der Waals surface area contributed by atoms with Crippen molar-refractivity contribution in [3.05, 3.63) is 28.2 Å². The molecule has 1 aliphatic rings. The smallest absolute Gasteiger partial charge is 0.103 e. The predicted molar refractivity (Wildman–Crippen MR) is 72.1 cm³/mol. The molecule has 86 valence electrons. The lowest BCUT2D eigenvalue weighted by atomic mass is 10.1. The molecule has 16 heavy (non-hydrogen) atoms. The molecule has 0 amide bonds. The number of aryl methyl sites for hydroxylation is 1. The summed E-state index contributed by atoms with van der Waals surface area (Å²) in [7, 11) is 0. The monoisotopic (exact) mass is 280 g/mol. The van der Waals surface area contributed by atoms with Crippen LogP contribution in [-0.4, -0.2) is 5.84 Å². The van der Waals surface area contributed by atoms with Crippen molar-refractivity contribution in [3.8, 4) is 0 Å². The maximum absolute atomic E-state index is 6.03. The number of nitrogens with two attached hydrogens (primary N) is 1. The highest BCUT2D eigenvalue weighted by Gasteiger charge is 2.18. The van der Waals surface area contributed by atoms with Crippen molar-refractivity contribution in [2.24, 2.45) is 16.6 Å². The molecule has 0 bridgehead atoms. The van der Waals surface area contributed by atoms with E-state index in [0.29, 0.717) is 5.92 Å². The second-order valence-corrected chi connectivity index (χ2v) is 5.31. The highest BCUT2D eigenvalue weighted by molar-refractivity contribution is 9.10. The van der Waals surface area contributed by atoms with Crippen molar-refractivity contribution in [2.75, 3.05) is 0 Å². The standard InChI is InChI=1S/C13H17BrN2/c1-9-6-7-11(8-12(9)14)16-13(15)10-4-2-3-5-10/h6-8,10H,2-5H2,1H3,(H2,15,16). The first-order valence-electron chi connectivity index (χ1n) is 5.77. The maximum Gasteiger partial charge on any atom is 0.103 e. The molecule has 0 aromatic heterocycles. The second kappa shape index (κ2) is 5.00. The Morgan fingerprint density at radius 3 is 2.69 bits per heavy atom. The van der Waals surface area contributed by atoms with Gasteiger partial charge in [-0.1, -0.05) is 34.8 Å². The van der Waals surface area contributed by atoms with Gasteiger partial charge in [-0.2, -0.15) is 0 Å². The summed E-state index contributed by atoms with van der Waals surface area (Å²) in [5.74, 6) is 1.30. The lowest BCUT2D eigenvalue weighted by molar-refractivity contribution is 0.722. The van der Waals surface area contributed by atoms with E-state index in [1.165, 1.54) is 31.2 Å². The van der Waals surface area contributed by atoms with Crippen molar-refractivity contribution in [2.45, 2.75) is 32.6 Å². The molecule has 1 aliphatic carbocycles. The van der Waals surface area contributed by atoms with E-state index < -0.39 is 0 Å². The van der Waals surface area contributed by atoms with Crippen LogP contribution in [-0.2, 0) is 0 Å². The summed E-state index contributed by atoms with van der Waals surface area (Å²) < 4.78 is 1.09. The van der Waals surface area contributed by atoms with Gasteiger partial charge in [-0.25, -0.2) is 4.99 Å². The molecule has 2 N–H and O–H groups in total. The van der Waals surface area contributed by atoms with E-state index in [4.69, 9.17) is 5.73 Å². The van der Waals surface area contributed by atoms with Gasteiger partial charge in [0.1, 0.15) is 5.84 Å². The molecule has 0 saturated heterocycles. The number of hydrogen-bond donors (Lipinski definition) is 1. The van der Waals surface area contributed by atoms with Crippen LogP contribution >= 0.6 is 15.9 Å². The van der Waals surface area contributed by atoms with E-state index >= 15 is 0 Å². The lowest BCUT2D eigenvalue weighted by Crippen LogP contribution is -2.20. The molecule has 3 heteroatoms. The fourth-order valence-corrected chi connectivity index (χ4v) is 2.48. The first-order chi connectivity index (χ1) is 7.66. The Morgan fingerprint density at radius 2 is 2.06 bits per heavy atom. The van der Waals surface area contributed by atoms with Crippen LogP contribution in [0.15, 0.2) is 27.7 Å². The van der Waals surface area contributed by atoms with E-state index in [1.807, 2.05) is 12.1 Å². The first kappa shape index (κ1) is 11.6. The van der Waals surface area contributed by atoms with Crippen molar-refractivity contribution in [1.82, 2.24) is 0 Å². The Kier molecular flexibility index (Phi) is 3.64. The van der Waals surface area contributed by atoms with Crippen LogP contribution in [0, 0.1) is 12.8 Å². The van der Waals surface area contributed by atoms with Crippen molar-refractivity contribution in [1.29, 1.82) is 0 Å². The third-order valence-corrected chi connectivity index (χ3v) is 4.04. The number of hydrogen-bond acceptors (Lipinski definition) is 1. The van der Waals surface area contributed by atoms with Crippen LogP contribution in [0.2, 0.25) is 0 Å². The SMILES string of the molecule is Cc1ccc(N=C(N)C2CCCC2)cc1Br. The van der Waals surface area contributed by atoms with Crippen LogP contribution in [0.5, 0.6) is 0 Å². The third kappa shape index (κ3) is 2.64. The topological polar surface area (TPSA) is 38.4 Å². The third-order valence-electron chi connectivity index (χ3n) is 3.19. The molecule has 0 atom stereocenters. The number of aliphatic imine (C=N–C) groups is 1. The molecule has 1 saturated carbocycles. The minimum atomic E-state index is 0.500. The van der Waals surface area contributed by atoms with E-state index in [-0.39, 0.29) is 0 Å². The molecular formula is C13H17BrN2. The summed E-state index contributed by atoms with van der Waals surface area (Å²) in [6.45, 7) is 2.07. The van der Waals surface area contributed by atoms with Crippen LogP contribution in [0.4, 0.5) is 5.69 Å². The van der Waals surface area contributed by atoms with Gasteiger partial charge in [0, 0.05) is 10.4 Å². The average Bonchev–Trinajstić information content (AvgIpc) is 2.77. The summed E-state index contributed by atoms with van der Waals surface area (Å²) in [4.78, 5) is 4.51. The Balaban J connectivity index is 2.17. The average molecular weight is 281 g/mol. The fourth-order valence-electron chi connectivity index (χ4n) is 2.11. The van der Waals surface area contributed by atoms with Gasteiger partial charge in [0.2, 0.25) is 0 Å².